The highest BCUT2D eigenvalue weighted by molar-refractivity contribution is 5.95. The summed E-state index contributed by atoms with van der Waals surface area (Å²) in [6.45, 7) is 2.63. The first kappa shape index (κ1) is 30.2. The van der Waals surface area contributed by atoms with Gasteiger partial charge >= 0.3 is 6.61 Å². The molecule has 2 aliphatic rings. The van der Waals surface area contributed by atoms with Gasteiger partial charge < -0.3 is 25.0 Å². The van der Waals surface area contributed by atoms with E-state index >= 15 is 0 Å². The zero-order chi connectivity index (χ0) is 31.5. The molecule has 45 heavy (non-hydrogen) atoms. The Morgan fingerprint density at radius 3 is 2.47 bits per heavy atom. The number of fused-ring (bicyclic) bond motifs is 1. The van der Waals surface area contributed by atoms with Crippen LogP contribution in [0.1, 0.15) is 32.1 Å². The number of allylic oxidation sites excluding steroid dienone is 2. The number of alkyl halides is 2. The fraction of sp³-hybridized carbons (Fsp3) is 0.294. The third-order valence-electron chi connectivity index (χ3n) is 8.36. The number of aromatic nitrogens is 2. The molecule has 0 bridgehead atoms. The van der Waals surface area contributed by atoms with Gasteiger partial charge in [-0.2, -0.15) is 8.78 Å². The maximum absolute atomic E-state index is 14.6. The molecule has 0 spiro atoms. The first-order chi connectivity index (χ1) is 21.8. The zero-order valence-electron chi connectivity index (χ0n) is 24.8. The van der Waals surface area contributed by atoms with Gasteiger partial charge in [0.1, 0.15) is 29.5 Å². The van der Waals surface area contributed by atoms with Crippen LogP contribution in [0, 0.1) is 11.6 Å². The summed E-state index contributed by atoms with van der Waals surface area (Å²) in [4.78, 5) is 11.1. The summed E-state index contributed by atoms with van der Waals surface area (Å²) in [7, 11) is 1.50. The number of hydrogen-bond donors (Lipinski definition) is 2. The Kier molecular flexibility index (Phi) is 8.77. The van der Waals surface area contributed by atoms with E-state index < -0.39 is 18.2 Å². The maximum atomic E-state index is 14.6. The van der Waals surface area contributed by atoms with Gasteiger partial charge in [-0.1, -0.05) is 12.6 Å². The Hall–Kier alpha value is -4.80. The lowest BCUT2D eigenvalue weighted by molar-refractivity contribution is -0.0493. The van der Waals surface area contributed by atoms with Crippen LogP contribution >= 0.6 is 0 Å². The van der Waals surface area contributed by atoms with Gasteiger partial charge in [-0.3, -0.25) is 0 Å². The lowest BCUT2D eigenvalue weighted by Gasteiger charge is -2.37. The van der Waals surface area contributed by atoms with E-state index in [1.54, 1.807) is 24.3 Å². The molecule has 234 valence electrons. The number of piperidine rings is 1. The monoisotopic (exact) mass is 619 g/mol. The Balaban J connectivity index is 1.30. The van der Waals surface area contributed by atoms with E-state index in [-0.39, 0.29) is 17.4 Å². The van der Waals surface area contributed by atoms with Crippen molar-refractivity contribution in [3.63, 3.8) is 0 Å². The van der Waals surface area contributed by atoms with Crippen molar-refractivity contribution in [2.45, 2.75) is 44.8 Å². The number of methoxy groups -OCH3 is 1. The lowest BCUT2D eigenvalue weighted by atomic mass is 9.89. The van der Waals surface area contributed by atoms with Crippen LogP contribution in [0.4, 0.5) is 34.8 Å². The quantitative estimate of drug-likeness (QED) is 0.173. The van der Waals surface area contributed by atoms with Gasteiger partial charge in [0, 0.05) is 47.9 Å². The van der Waals surface area contributed by atoms with Crippen molar-refractivity contribution in [2.75, 3.05) is 30.8 Å². The van der Waals surface area contributed by atoms with E-state index in [9.17, 15) is 17.6 Å². The molecule has 0 unspecified atom stereocenters. The Morgan fingerprint density at radius 1 is 1.00 bits per heavy atom. The topological polar surface area (TPSA) is 71.5 Å². The molecular weight excluding hydrogens is 586 g/mol. The molecule has 1 saturated carbocycles. The van der Waals surface area contributed by atoms with Gasteiger partial charge in [-0.15, -0.1) is 0 Å². The van der Waals surface area contributed by atoms with E-state index in [2.05, 4.69) is 32.1 Å². The van der Waals surface area contributed by atoms with Crippen molar-refractivity contribution in [1.29, 1.82) is 0 Å². The van der Waals surface area contributed by atoms with Crippen LogP contribution in [0.3, 0.4) is 0 Å². The molecule has 6 rings (SSSR count). The van der Waals surface area contributed by atoms with Gasteiger partial charge in [-0.25, -0.2) is 18.7 Å². The standard InChI is InChI=1S/C34H33F4N5O2/c1-3-30(20-5-4-6-20)43-13-11-23(12-14-43)41-29-17-25-27(18-32(29)45-34(37)38)39-19-40-33(25)42-28-15-21(7-10-31(28)44-2)24-9-8-22(35)16-26(24)36/h3,7-10,15-19,23,34,41H,1,4-6,11-14H2,2H3,(H,39,40,42). The second-order valence-electron chi connectivity index (χ2n) is 11.1. The number of nitrogens with zero attached hydrogens (tertiary/aromatic N) is 3. The maximum Gasteiger partial charge on any atom is 0.387 e. The number of likely N-dealkylation sites (tertiary alicyclic amines) is 1. The minimum Gasteiger partial charge on any atom is -0.495 e. The van der Waals surface area contributed by atoms with Gasteiger partial charge in [0.05, 0.1) is 24.0 Å². The van der Waals surface area contributed by atoms with E-state index in [4.69, 9.17) is 9.47 Å². The predicted molar refractivity (Wildman–Crippen MR) is 167 cm³/mol. The van der Waals surface area contributed by atoms with E-state index in [1.807, 2.05) is 6.08 Å². The molecule has 1 aromatic heterocycles. The molecule has 2 N–H and O–H groups in total. The van der Waals surface area contributed by atoms with Crippen LogP contribution in [0.15, 0.2) is 78.8 Å². The van der Waals surface area contributed by atoms with Crippen molar-refractivity contribution in [3.05, 3.63) is 90.4 Å². The van der Waals surface area contributed by atoms with E-state index in [0.717, 1.165) is 44.8 Å². The molecule has 3 aromatic carbocycles. The predicted octanol–water partition coefficient (Wildman–Crippen LogP) is 8.43. The van der Waals surface area contributed by atoms with E-state index in [1.165, 1.54) is 49.3 Å². The molecular formula is C34H33F4N5O2. The summed E-state index contributed by atoms with van der Waals surface area (Å²) in [6, 6.07) is 11.6. The molecule has 0 amide bonds. The SMILES string of the molecule is C=CC(=C1CCC1)N1CCC(Nc2cc3c(Nc4cc(-c5ccc(F)cc5F)ccc4OC)ncnc3cc2OC(F)F)CC1. The molecule has 1 aliphatic carbocycles. The largest absolute Gasteiger partial charge is 0.495 e. The summed E-state index contributed by atoms with van der Waals surface area (Å²) < 4.78 is 65.5. The fourth-order valence-electron chi connectivity index (χ4n) is 5.91. The third-order valence-corrected chi connectivity index (χ3v) is 8.36. The van der Waals surface area contributed by atoms with E-state index in [0.29, 0.717) is 39.4 Å². The van der Waals surface area contributed by atoms with Gasteiger partial charge in [0.15, 0.2) is 5.75 Å². The summed E-state index contributed by atoms with van der Waals surface area (Å²) in [5, 5.41) is 7.21. The summed E-state index contributed by atoms with van der Waals surface area (Å²) in [5.74, 6) is -0.564. The van der Waals surface area contributed by atoms with Crippen molar-refractivity contribution in [1.82, 2.24) is 14.9 Å². The number of nitrogens with one attached hydrogen (secondary N) is 2. The van der Waals surface area contributed by atoms with Crippen LogP contribution in [-0.4, -0.2) is 47.7 Å². The van der Waals surface area contributed by atoms with Crippen LogP contribution in [0.25, 0.3) is 22.0 Å². The average Bonchev–Trinajstić information content (AvgIpc) is 2.99. The highest BCUT2D eigenvalue weighted by atomic mass is 19.3. The van der Waals surface area contributed by atoms with Gasteiger partial charge in [0.2, 0.25) is 0 Å². The van der Waals surface area contributed by atoms with Crippen LogP contribution < -0.4 is 20.1 Å². The highest BCUT2D eigenvalue weighted by Crippen LogP contribution is 2.39. The van der Waals surface area contributed by atoms with Crippen LogP contribution in [0.2, 0.25) is 0 Å². The summed E-state index contributed by atoms with van der Waals surface area (Å²) >= 11 is 0. The summed E-state index contributed by atoms with van der Waals surface area (Å²) in [5.41, 5.74) is 4.62. The van der Waals surface area contributed by atoms with Gasteiger partial charge in [0.25, 0.3) is 0 Å². The Morgan fingerprint density at radius 2 is 1.80 bits per heavy atom. The van der Waals surface area contributed by atoms with Crippen molar-refractivity contribution in [2.24, 2.45) is 0 Å². The molecule has 0 atom stereocenters. The Bertz CT molecular complexity index is 1750. The van der Waals surface area contributed by atoms with Crippen LogP contribution in [-0.2, 0) is 0 Å². The second-order valence-corrected chi connectivity index (χ2v) is 11.1. The van der Waals surface area contributed by atoms with Gasteiger partial charge in [-0.05, 0) is 79.6 Å². The molecule has 1 saturated heterocycles. The van der Waals surface area contributed by atoms with Crippen molar-refractivity contribution in [3.8, 4) is 22.6 Å². The normalized spacial score (nSPS) is 15.2. The number of hydrogen-bond acceptors (Lipinski definition) is 7. The average molecular weight is 620 g/mol. The minimum absolute atomic E-state index is 0.0145. The minimum atomic E-state index is -3.02. The number of anilines is 3. The number of halogens is 4. The highest BCUT2D eigenvalue weighted by Gasteiger charge is 2.25. The molecule has 2 heterocycles. The zero-order valence-corrected chi connectivity index (χ0v) is 24.8. The first-order valence-corrected chi connectivity index (χ1v) is 14.8. The molecule has 11 heteroatoms. The smallest absolute Gasteiger partial charge is 0.387 e. The number of benzene rings is 3. The number of rotatable bonds is 10. The molecule has 7 nitrogen and oxygen atoms in total. The van der Waals surface area contributed by atoms with Crippen LogP contribution in [0.5, 0.6) is 11.5 Å². The molecule has 2 fully saturated rings. The lowest BCUT2D eigenvalue weighted by Crippen LogP contribution is -2.39. The first-order valence-electron chi connectivity index (χ1n) is 14.8. The summed E-state index contributed by atoms with van der Waals surface area (Å²) in [6.07, 6.45) is 8.30. The van der Waals surface area contributed by atoms with Crippen molar-refractivity contribution >= 4 is 28.1 Å². The fourth-order valence-corrected chi connectivity index (χ4v) is 5.91. The number of ether oxygens (including phenoxy) is 2. The third kappa shape index (κ3) is 6.52. The Labute approximate surface area is 258 Å². The second kappa shape index (κ2) is 13.1. The van der Waals surface area contributed by atoms with Crippen molar-refractivity contribution < 1.29 is 27.0 Å². The molecule has 0 radical (unpaired) electrons. The molecule has 4 aromatic rings. The molecule has 1 aliphatic heterocycles.